The number of para-hydroxylation sites is 1. The molecule has 1 unspecified atom stereocenters. The van der Waals surface area contributed by atoms with Crippen molar-refractivity contribution >= 4 is 5.91 Å². The van der Waals surface area contributed by atoms with Gasteiger partial charge in [0.25, 0.3) is 0 Å². The average Bonchev–Trinajstić information content (AvgIpc) is 2.56. The van der Waals surface area contributed by atoms with Crippen LogP contribution in [0.25, 0.3) is 0 Å². The van der Waals surface area contributed by atoms with Crippen molar-refractivity contribution in [2.45, 2.75) is 18.8 Å². The molecule has 3 rings (SSSR count). The highest BCUT2D eigenvalue weighted by Crippen LogP contribution is 2.35. The number of rotatable bonds is 5. The third-order valence-corrected chi connectivity index (χ3v) is 4.37. The second-order valence-corrected chi connectivity index (χ2v) is 5.88. The number of carbonyl (C=O) groups is 1. The van der Waals surface area contributed by atoms with Gasteiger partial charge in [0.1, 0.15) is 5.75 Å². The van der Waals surface area contributed by atoms with Gasteiger partial charge in [-0.25, -0.2) is 0 Å². The molecular weight excluding hydrogens is 280 g/mol. The lowest BCUT2D eigenvalue weighted by atomic mass is 9.90. The maximum atomic E-state index is 12.2. The van der Waals surface area contributed by atoms with Gasteiger partial charge in [-0.15, -0.1) is 0 Å². The quantitative estimate of drug-likeness (QED) is 0.893. The maximum absolute atomic E-state index is 12.2. The lowest BCUT2D eigenvalue weighted by molar-refractivity contribution is -0.121. The van der Waals surface area contributed by atoms with Crippen LogP contribution in [0.15, 0.2) is 24.3 Å². The van der Waals surface area contributed by atoms with Gasteiger partial charge < -0.3 is 14.8 Å². The van der Waals surface area contributed by atoms with Crippen LogP contribution in [0.4, 0.5) is 0 Å². The summed E-state index contributed by atoms with van der Waals surface area (Å²) in [5.41, 5.74) is 1.16. The monoisotopic (exact) mass is 304 g/mol. The number of hydrogen-bond acceptors (Lipinski definition) is 4. The molecule has 1 amide bonds. The first kappa shape index (κ1) is 15.3. The molecule has 0 spiro atoms. The van der Waals surface area contributed by atoms with Crippen LogP contribution in [-0.2, 0) is 9.53 Å². The fourth-order valence-corrected chi connectivity index (χ4v) is 3.10. The molecule has 0 aromatic heterocycles. The van der Waals surface area contributed by atoms with Gasteiger partial charge in [0.2, 0.25) is 5.91 Å². The number of nitrogens with zero attached hydrogens (tertiary/aromatic N) is 1. The molecule has 1 aromatic rings. The Morgan fingerprint density at radius 3 is 2.91 bits per heavy atom. The van der Waals surface area contributed by atoms with Crippen molar-refractivity contribution in [2.24, 2.45) is 0 Å². The summed E-state index contributed by atoms with van der Waals surface area (Å²) < 4.78 is 11.0. The van der Waals surface area contributed by atoms with E-state index in [2.05, 4.69) is 16.3 Å². The Kier molecular flexibility index (Phi) is 5.29. The van der Waals surface area contributed by atoms with Gasteiger partial charge in [-0.05, 0) is 24.0 Å². The number of fused-ring (bicyclic) bond motifs is 1. The molecule has 0 saturated carbocycles. The molecule has 22 heavy (non-hydrogen) atoms. The van der Waals surface area contributed by atoms with Crippen LogP contribution in [0.2, 0.25) is 0 Å². The van der Waals surface area contributed by atoms with Crippen LogP contribution < -0.4 is 10.1 Å². The number of amides is 1. The van der Waals surface area contributed by atoms with E-state index in [1.807, 2.05) is 18.2 Å². The minimum Gasteiger partial charge on any atom is -0.493 e. The van der Waals surface area contributed by atoms with E-state index >= 15 is 0 Å². The Morgan fingerprint density at radius 1 is 1.23 bits per heavy atom. The van der Waals surface area contributed by atoms with E-state index in [9.17, 15) is 4.79 Å². The van der Waals surface area contributed by atoms with Gasteiger partial charge >= 0.3 is 0 Å². The number of benzene rings is 1. The highest BCUT2D eigenvalue weighted by molar-refractivity contribution is 5.77. The molecule has 0 radical (unpaired) electrons. The summed E-state index contributed by atoms with van der Waals surface area (Å²) in [6, 6.07) is 8.04. The first-order valence-corrected chi connectivity index (χ1v) is 8.11. The Labute approximate surface area is 131 Å². The summed E-state index contributed by atoms with van der Waals surface area (Å²) in [4.78, 5) is 14.5. The third-order valence-electron chi connectivity index (χ3n) is 4.37. The molecule has 120 valence electrons. The van der Waals surface area contributed by atoms with Crippen molar-refractivity contribution < 1.29 is 14.3 Å². The van der Waals surface area contributed by atoms with Crippen LogP contribution >= 0.6 is 0 Å². The van der Waals surface area contributed by atoms with Gasteiger partial charge in [0.15, 0.2) is 0 Å². The zero-order valence-corrected chi connectivity index (χ0v) is 12.9. The largest absolute Gasteiger partial charge is 0.493 e. The van der Waals surface area contributed by atoms with E-state index < -0.39 is 0 Å². The number of morpholine rings is 1. The molecule has 1 atom stereocenters. The Hall–Kier alpha value is -1.59. The number of hydrogen-bond donors (Lipinski definition) is 1. The molecule has 1 fully saturated rings. The van der Waals surface area contributed by atoms with Crippen molar-refractivity contribution in [1.29, 1.82) is 0 Å². The Balaban J connectivity index is 1.44. The fourth-order valence-electron chi connectivity index (χ4n) is 3.10. The topological polar surface area (TPSA) is 50.8 Å². The highest BCUT2D eigenvalue weighted by Gasteiger charge is 2.23. The van der Waals surface area contributed by atoms with E-state index in [1.165, 1.54) is 0 Å². The van der Waals surface area contributed by atoms with Crippen molar-refractivity contribution in [3.05, 3.63) is 29.8 Å². The molecule has 2 aliphatic heterocycles. The summed E-state index contributed by atoms with van der Waals surface area (Å²) >= 11 is 0. The SMILES string of the molecule is O=C(CC1CCOc2ccccc21)NCCN1CCOCC1. The number of nitrogens with one attached hydrogen (secondary N) is 1. The molecule has 1 saturated heterocycles. The van der Waals surface area contributed by atoms with Crippen LogP contribution in [0.5, 0.6) is 5.75 Å². The lowest BCUT2D eigenvalue weighted by Gasteiger charge is -2.27. The van der Waals surface area contributed by atoms with Gasteiger partial charge in [0, 0.05) is 32.6 Å². The van der Waals surface area contributed by atoms with Crippen molar-refractivity contribution in [3.8, 4) is 5.75 Å². The summed E-state index contributed by atoms with van der Waals surface area (Å²) in [5.74, 6) is 1.34. The summed E-state index contributed by atoms with van der Waals surface area (Å²) in [5, 5.41) is 3.05. The summed E-state index contributed by atoms with van der Waals surface area (Å²) in [7, 11) is 0. The molecule has 1 N–H and O–H groups in total. The van der Waals surface area contributed by atoms with Crippen molar-refractivity contribution in [1.82, 2.24) is 10.2 Å². The summed E-state index contributed by atoms with van der Waals surface area (Å²) in [6.07, 6.45) is 1.46. The lowest BCUT2D eigenvalue weighted by Crippen LogP contribution is -2.41. The van der Waals surface area contributed by atoms with Crippen LogP contribution in [-0.4, -0.2) is 56.8 Å². The molecule has 5 heteroatoms. The second kappa shape index (κ2) is 7.61. The first-order chi connectivity index (χ1) is 10.8. The van der Waals surface area contributed by atoms with Gasteiger partial charge in [-0.3, -0.25) is 9.69 Å². The zero-order valence-electron chi connectivity index (χ0n) is 12.9. The van der Waals surface area contributed by atoms with Crippen LogP contribution in [0.3, 0.4) is 0 Å². The molecule has 1 aromatic carbocycles. The minimum absolute atomic E-state index is 0.134. The average molecular weight is 304 g/mol. The van der Waals surface area contributed by atoms with E-state index in [4.69, 9.17) is 9.47 Å². The third kappa shape index (κ3) is 3.99. The van der Waals surface area contributed by atoms with E-state index in [0.717, 1.165) is 50.6 Å². The van der Waals surface area contributed by atoms with Gasteiger partial charge in [0.05, 0.1) is 19.8 Å². The second-order valence-electron chi connectivity index (χ2n) is 5.88. The molecule has 2 heterocycles. The molecule has 2 aliphatic rings. The van der Waals surface area contributed by atoms with Crippen molar-refractivity contribution in [2.75, 3.05) is 46.0 Å². The number of carbonyl (C=O) groups excluding carboxylic acids is 1. The molecule has 0 bridgehead atoms. The van der Waals surface area contributed by atoms with E-state index in [-0.39, 0.29) is 11.8 Å². The number of ether oxygens (including phenoxy) is 2. The molecule has 5 nitrogen and oxygen atoms in total. The van der Waals surface area contributed by atoms with Gasteiger partial charge in [-0.1, -0.05) is 18.2 Å². The zero-order chi connectivity index (χ0) is 15.2. The van der Waals surface area contributed by atoms with E-state index in [0.29, 0.717) is 19.6 Å². The predicted octanol–water partition coefficient (Wildman–Crippen LogP) is 1.39. The minimum atomic E-state index is 0.134. The van der Waals surface area contributed by atoms with Crippen LogP contribution in [0, 0.1) is 0 Å². The van der Waals surface area contributed by atoms with Crippen molar-refractivity contribution in [3.63, 3.8) is 0 Å². The first-order valence-electron chi connectivity index (χ1n) is 8.11. The predicted molar refractivity (Wildman–Crippen MR) is 84.2 cm³/mol. The summed E-state index contributed by atoms with van der Waals surface area (Å²) in [6.45, 7) is 5.83. The molecule has 0 aliphatic carbocycles. The van der Waals surface area contributed by atoms with E-state index in [1.54, 1.807) is 0 Å². The molecular formula is C17H24N2O3. The normalized spacial score (nSPS) is 21.7. The highest BCUT2D eigenvalue weighted by atomic mass is 16.5. The van der Waals surface area contributed by atoms with Crippen LogP contribution in [0.1, 0.15) is 24.3 Å². The maximum Gasteiger partial charge on any atom is 0.220 e. The fraction of sp³-hybridized carbons (Fsp3) is 0.588. The van der Waals surface area contributed by atoms with Gasteiger partial charge in [-0.2, -0.15) is 0 Å². The Morgan fingerprint density at radius 2 is 2.05 bits per heavy atom. The standard InChI is InChI=1S/C17H24N2O3/c20-17(18-6-7-19-8-11-21-12-9-19)13-14-5-10-22-16-4-2-1-3-15(14)16/h1-4,14H,5-13H2,(H,18,20). The Bertz CT molecular complexity index is 500. The smallest absolute Gasteiger partial charge is 0.220 e.